The lowest BCUT2D eigenvalue weighted by molar-refractivity contribution is -0.124. The fraction of sp³-hybridized carbons (Fsp3) is 0.160. The molecule has 3 aromatic carbocycles. The van der Waals surface area contributed by atoms with Crippen LogP contribution in [0.25, 0.3) is 0 Å². The van der Waals surface area contributed by atoms with E-state index in [9.17, 15) is 14.0 Å². The van der Waals surface area contributed by atoms with Crippen LogP contribution in [0.5, 0.6) is 5.75 Å². The Labute approximate surface area is 210 Å². The number of amides is 2. The molecule has 0 aliphatic carbocycles. The number of halogens is 2. The van der Waals surface area contributed by atoms with Gasteiger partial charge in [-0.25, -0.2) is 4.39 Å². The quantitative estimate of drug-likeness (QED) is 0.420. The second-order valence-corrected chi connectivity index (χ2v) is 8.96. The van der Waals surface area contributed by atoms with Crippen molar-refractivity contribution >= 4 is 56.4 Å². The Bertz CT molecular complexity index is 1200. The minimum absolute atomic E-state index is 0.0944. The van der Waals surface area contributed by atoms with Gasteiger partial charge in [0.2, 0.25) is 5.91 Å². The number of carbonyl (C=O) groups is 2. The number of carbonyl (C=O) groups excluding carboxylic acids is 2. The predicted molar refractivity (Wildman–Crippen MR) is 136 cm³/mol. The molecule has 0 radical (unpaired) electrons. The highest BCUT2D eigenvalue weighted by Crippen LogP contribution is 2.30. The smallest absolute Gasteiger partial charge is 0.256 e. The minimum atomic E-state index is -0.810. The number of nitrogens with zero attached hydrogens (tertiary/aromatic N) is 2. The van der Waals surface area contributed by atoms with Crippen LogP contribution in [0, 0.1) is 5.82 Å². The molecule has 4 rings (SSSR count). The fourth-order valence-corrected chi connectivity index (χ4v) is 4.34. The average Bonchev–Trinajstić information content (AvgIpc) is 3.06. The highest BCUT2D eigenvalue weighted by atomic mass is 79.9. The number of benzene rings is 3. The Morgan fingerprint density at radius 3 is 2.32 bits per heavy atom. The predicted octanol–water partition coefficient (Wildman–Crippen LogP) is 5.13. The molecule has 1 saturated heterocycles. The van der Waals surface area contributed by atoms with E-state index >= 15 is 0 Å². The topological polar surface area (TPSA) is 61.9 Å². The molecule has 1 atom stereocenters. The van der Waals surface area contributed by atoms with E-state index in [1.807, 2.05) is 12.1 Å². The molecule has 1 aliphatic rings. The second kappa shape index (κ2) is 10.3. The number of anilines is 2. The van der Waals surface area contributed by atoms with E-state index in [0.717, 1.165) is 10.0 Å². The van der Waals surface area contributed by atoms with Crippen molar-refractivity contribution in [2.24, 2.45) is 0 Å². The number of thiocarbonyl (C=S) groups is 1. The Kier molecular flexibility index (Phi) is 7.23. The molecule has 6 nitrogen and oxygen atoms in total. The molecule has 1 unspecified atom stereocenters. The monoisotopic (exact) mass is 541 g/mol. The van der Waals surface area contributed by atoms with E-state index < -0.39 is 6.04 Å². The van der Waals surface area contributed by atoms with Gasteiger partial charge in [0.25, 0.3) is 5.91 Å². The summed E-state index contributed by atoms with van der Waals surface area (Å²) in [5, 5.41) is 3.11. The number of rotatable bonds is 7. The van der Waals surface area contributed by atoms with Crippen LogP contribution in [0.4, 0.5) is 15.8 Å². The van der Waals surface area contributed by atoms with Gasteiger partial charge in [0, 0.05) is 16.7 Å². The zero-order chi connectivity index (χ0) is 24.2. The van der Waals surface area contributed by atoms with Crippen LogP contribution in [0.15, 0.2) is 77.3 Å². The van der Waals surface area contributed by atoms with E-state index in [1.54, 1.807) is 60.5 Å². The molecule has 1 heterocycles. The van der Waals surface area contributed by atoms with Crippen molar-refractivity contribution in [1.82, 2.24) is 4.90 Å². The summed E-state index contributed by atoms with van der Waals surface area (Å²) in [5.41, 5.74) is 1.97. The van der Waals surface area contributed by atoms with Gasteiger partial charge >= 0.3 is 0 Å². The zero-order valence-corrected chi connectivity index (χ0v) is 20.6. The van der Waals surface area contributed by atoms with Gasteiger partial charge in [0.15, 0.2) is 5.11 Å². The van der Waals surface area contributed by atoms with Crippen LogP contribution in [-0.4, -0.2) is 35.0 Å². The van der Waals surface area contributed by atoms with Crippen molar-refractivity contribution in [3.05, 3.63) is 88.6 Å². The summed E-state index contributed by atoms with van der Waals surface area (Å²) in [6.45, 7) is 0.258. The molecular weight excluding hydrogens is 521 g/mol. The maximum Gasteiger partial charge on any atom is 0.256 e. The third-order valence-electron chi connectivity index (χ3n) is 5.42. The van der Waals surface area contributed by atoms with Crippen molar-refractivity contribution < 1.29 is 18.7 Å². The van der Waals surface area contributed by atoms with E-state index in [2.05, 4.69) is 21.2 Å². The molecule has 0 spiro atoms. The van der Waals surface area contributed by atoms with Crippen LogP contribution in [0.1, 0.15) is 12.0 Å². The molecule has 2 amide bonds. The molecule has 0 aromatic heterocycles. The first-order chi connectivity index (χ1) is 16.4. The maximum atomic E-state index is 13.5. The summed E-state index contributed by atoms with van der Waals surface area (Å²) in [6, 6.07) is 19.3. The molecule has 34 heavy (non-hydrogen) atoms. The van der Waals surface area contributed by atoms with Gasteiger partial charge in [0.05, 0.1) is 19.2 Å². The van der Waals surface area contributed by atoms with Gasteiger partial charge in [-0.05, 0) is 78.4 Å². The molecule has 1 N–H and O–H groups in total. The Hall–Kier alpha value is -3.30. The lowest BCUT2D eigenvalue weighted by Gasteiger charge is -2.24. The second-order valence-electron chi connectivity index (χ2n) is 7.68. The molecule has 174 valence electrons. The summed E-state index contributed by atoms with van der Waals surface area (Å²) in [6.07, 6.45) is -0.0944. The SMILES string of the molecule is COc1ccc(N2C(=O)C(CC(=O)Nc3ccc(Br)cc3)N(Cc3ccc(F)cc3)C2=S)cc1. The number of methoxy groups -OCH3 is 1. The molecule has 0 bridgehead atoms. The highest BCUT2D eigenvalue weighted by Gasteiger charge is 2.44. The standard InChI is InChI=1S/C25H21BrFN3O3S/c1-33-21-12-10-20(11-13-21)30-24(32)22(14-23(31)28-19-8-4-17(26)5-9-19)29(25(30)34)15-16-2-6-18(27)7-3-16/h2-13,22H,14-15H2,1H3,(H,28,31). The number of hydrogen-bond donors (Lipinski definition) is 1. The van der Waals surface area contributed by atoms with Crippen molar-refractivity contribution in [3.8, 4) is 5.75 Å². The van der Waals surface area contributed by atoms with Crippen molar-refractivity contribution in [2.75, 3.05) is 17.3 Å². The summed E-state index contributed by atoms with van der Waals surface area (Å²) in [5.74, 6) is -0.323. The van der Waals surface area contributed by atoms with Crippen LogP contribution < -0.4 is 15.0 Å². The summed E-state index contributed by atoms with van der Waals surface area (Å²) in [4.78, 5) is 29.5. The van der Waals surface area contributed by atoms with E-state index in [1.165, 1.54) is 17.0 Å². The van der Waals surface area contributed by atoms with Gasteiger partial charge < -0.3 is 15.0 Å². The van der Waals surface area contributed by atoms with Crippen LogP contribution in [0.2, 0.25) is 0 Å². The molecular formula is C25H21BrFN3O3S. The van der Waals surface area contributed by atoms with Crippen LogP contribution in [-0.2, 0) is 16.1 Å². The summed E-state index contributed by atoms with van der Waals surface area (Å²) >= 11 is 9.03. The van der Waals surface area contributed by atoms with Gasteiger partial charge in [-0.15, -0.1) is 0 Å². The number of ether oxygens (including phenoxy) is 1. The van der Waals surface area contributed by atoms with E-state index in [-0.39, 0.29) is 35.7 Å². The molecule has 0 saturated carbocycles. The molecule has 9 heteroatoms. The van der Waals surface area contributed by atoms with Crippen molar-refractivity contribution in [1.29, 1.82) is 0 Å². The first-order valence-electron chi connectivity index (χ1n) is 10.4. The average molecular weight is 542 g/mol. The zero-order valence-electron chi connectivity index (χ0n) is 18.2. The van der Waals surface area contributed by atoms with Crippen LogP contribution in [0.3, 0.4) is 0 Å². The van der Waals surface area contributed by atoms with Gasteiger partial charge in [-0.2, -0.15) is 0 Å². The Morgan fingerprint density at radius 1 is 1.06 bits per heavy atom. The largest absolute Gasteiger partial charge is 0.497 e. The third-order valence-corrected chi connectivity index (χ3v) is 6.37. The number of nitrogens with one attached hydrogen (secondary N) is 1. The van der Waals surface area contributed by atoms with Crippen molar-refractivity contribution in [2.45, 2.75) is 19.0 Å². The van der Waals surface area contributed by atoms with E-state index in [4.69, 9.17) is 17.0 Å². The third kappa shape index (κ3) is 5.26. The van der Waals surface area contributed by atoms with Crippen LogP contribution >= 0.6 is 28.1 Å². The number of hydrogen-bond acceptors (Lipinski definition) is 4. The Morgan fingerprint density at radius 2 is 1.71 bits per heavy atom. The first-order valence-corrected chi connectivity index (χ1v) is 11.6. The molecule has 1 aliphatic heterocycles. The summed E-state index contributed by atoms with van der Waals surface area (Å²) < 4.78 is 19.5. The van der Waals surface area contributed by atoms with Gasteiger partial charge in [0.1, 0.15) is 17.6 Å². The fourth-order valence-electron chi connectivity index (χ4n) is 3.69. The van der Waals surface area contributed by atoms with Crippen molar-refractivity contribution in [3.63, 3.8) is 0 Å². The highest BCUT2D eigenvalue weighted by molar-refractivity contribution is 9.10. The van der Waals surface area contributed by atoms with Gasteiger partial charge in [-0.1, -0.05) is 28.1 Å². The normalized spacial score (nSPS) is 15.6. The maximum absolute atomic E-state index is 13.5. The Balaban J connectivity index is 1.59. The first kappa shape index (κ1) is 23.8. The van der Waals surface area contributed by atoms with E-state index in [0.29, 0.717) is 17.1 Å². The van der Waals surface area contributed by atoms with Gasteiger partial charge in [-0.3, -0.25) is 14.5 Å². The lowest BCUT2D eigenvalue weighted by atomic mass is 10.1. The summed E-state index contributed by atoms with van der Waals surface area (Å²) in [7, 11) is 1.56. The molecule has 3 aromatic rings. The molecule has 1 fully saturated rings. The minimum Gasteiger partial charge on any atom is -0.497 e. The lowest BCUT2D eigenvalue weighted by Crippen LogP contribution is -2.37.